The molecule has 1 N–H and O–H groups in total. The highest BCUT2D eigenvalue weighted by molar-refractivity contribution is 8.00. The van der Waals surface area contributed by atoms with Gasteiger partial charge >= 0.3 is 0 Å². The van der Waals surface area contributed by atoms with E-state index in [2.05, 4.69) is 20.4 Å². The van der Waals surface area contributed by atoms with E-state index in [1.165, 1.54) is 31.0 Å². The zero-order chi connectivity index (χ0) is 20.2. The van der Waals surface area contributed by atoms with E-state index in [1.54, 1.807) is 0 Å². The van der Waals surface area contributed by atoms with Crippen molar-refractivity contribution in [2.24, 2.45) is 0 Å². The molecule has 2 fully saturated rings. The predicted molar refractivity (Wildman–Crippen MR) is 118 cm³/mol. The molecule has 1 amide bonds. The average Bonchev–Trinajstić information content (AvgIpc) is 3.39. The molecule has 1 aromatic heterocycles. The second kappa shape index (κ2) is 9.39. The fourth-order valence-corrected chi connectivity index (χ4v) is 5.17. The standard InChI is InChI=1S/C21H28ClN5OS/c1-15(19(28)23-16-9-3-2-4-10-16)29-21-25-24-20(26-13-7-8-14-26)27(21)18-12-6-5-11-17(18)22/h5-6,11-12,15-16H,2-4,7-10,13-14H2,1H3,(H,23,28). The van der Waals surface area contributed by atoms with E-state index in [9.17, 15) is 4.79 Å². The molecule has 29 heavy (non-hydrogen) atoms. The van der Waals surface area contributed by atoms with Gasteiger partial charge in [0.1, 0.15) is 0 Å². The van der Waals surface area contributed by atoms with Crippen LogP contribution in [0.15, 0.2) is 29.4 Å². The summed E-state index contributed by atoms with van der Waals surface area (Å²) in [6, 6.07) is 8.03. The van der Waals surface area contributed by atoms with Crippen molar-refractivity contribution in [3.05, 3.63) is 29.3 Å². The van der Waals surface area contributed by atoms with Crippen LogP contribution in [0.4, 0.5) is 5.95 Å². The van der Waals surface area contributed by atoms with Gasteiger partial charge in [-0.1, -0.05) is 54.8 Å². The molecule has 156 valence electrons. The van der Waals surface area contributed by atoms with Crippen LogP contribution in [0.3, 0.4) is 0 Å². The first-order valence-electron chi connectivity index (χ1n) is 10.6. The molecule has 1 saturated carbocycles. The molecule has 6 nitrogen and oxygen atoms in total. The minimum atomic E-state index is -0.256. The number of benzene rings is 1. The zero-order valence-corrected chi connectivity index (χ0v) is 18.4. The molecular weight excluding hydrogens is 406 g/mol. The highest BCUT2D eigenvalue weighted by Crippen LogP contribution is 2.33. The maximum absolute atomic E-state index is 12.8. The van der Waals surface area contributed by atoms with Crippen LogP contribution < -0.4 is 10.2 Å². The number of aromatic nitrogens is 3. The summed E-state index contributed by atoms with van der Waals surface area (Å²) >= 11 is 7.95. The number of rotatable bonds is 6. The number of carbonyl (C=O) groups is 1. The topological polar surface area (TPSA) is 63.1 Å². The third-order valence-electron chi connectivity index (χ3n) is 5.70. The van der Waals surface area contributed by atoms with Crippen LogP contribution in [0, 0.1) is 0 Å². The van der Waals surface area contributed by atoms with Crippen molar-refractivity contribution in [2.45, 2.75) is 68.3 Å². The third kappa shape index (κ3) is 4.72. The summed E-state index contributed by atoms with van der Waals surface area (Å²) in [7, 11) is 0. The molecule has 8 heteroatoms. The number of hydrogen-bond donors (Lipinski definition) is 1. The fourth-order valence-electron chi connectivity index (χ4n) is 4.08. The smallest absolute Gasteiger partial charge is 0.233 e. The van der Waals surface area contributed by atoms with Gasteiger partial charge in [-0.3, -0.25) is 9.36 Å². The lowest BCUT2D eigenvalue weighted by molar-refractivity contribution is -0.121. The third-order valence-corrected chi connectivity index (χ3v) is 7.06. The van der Waals surface area contributed by atoms with Crippen molar-refractivity contribution in [3.8, 4) is 5.69 Å². The molecule has 2 aliphatic rings. The molecular formula is C21H28ClN5OS. The molecule has 1 aliphatic heterocycles. The van der Waals surface area contributed by atoms with Crippen LogP contribution in [-0.4, -0.2) is 45.1 Å². The fraction of sp³-hybridized carbons (Fsp3) is 0.571. The van der Waals surface area contributed by atoms with Crippen molar-refractivity contribution in [3.63, 3.8) is 0 Å². The molecule has 1 unspecified atom stereocenters. The van der Waals surface area contributed by atoms with Crippen molar-refractivity contribution >= 4 is 35.2 Å². The molecule has 1 aromatic carbocycles. The summed E-state index contributed by atoms with van der Waals surface area (Å²) < 4.78 is 2.00. The van der Waals surface area contributed by atoms with E-state index in [0.717, 1.165) is 50.4 Å². The summed E-state index contributed by atoms with van der Waals surface area (Å²) in [5.41, 5.74) is 0.850. The molecule has 2 heterocycles. The molecule has 0 spiro atoms. The summed E-state index contributed by atoms with van der Waals surface area (Å²) in [6.45, 7) is 3.86. The Morgan fingerprint density at radius 1 is 1.14 bits per heavy atom. The monoisotopic (exact) mass is 433 g/mol. The van der Waals surface area contributed by atoms with Gasteiger partial charge in [0.05, 0.1) is 16.0 Å². The molecule has 0 radical (unpaired) electrons. The Kier molecular flexibility index (Phi) is 6.65. The first-order valence-corrected chi connectivity index (χ1v) is 11.8. The Labute approximate surface area is 181 Å². The minimum absolute atomic E-state index is 0.0679. The number of nitrogens with zero attached hydrogens (tertiary/aromatic N) is 4. The Morgan fingerprint density at radius 2 is 1.86 bits per heavy atom. The van der Waals surface area contributed by atoms with Gasteiger partial charge in [0.25, 0.3) is 0 Å². The van der Waals surface area contributed by atoms with Crippen LogP contribution >= 0.6 is 23.4 Å². The Hall–Kier alpha value is -1.73. The first kappa shape index (κ1) is 20.5. The van der Waals surface area contributed by atoms with Crippen molar-refractivity contribution in [1.82, 2.24) is 20.1 Å². The number of carbonyl (C=O) groups excluding carboxylic acids is 1. The summed E-state index contributed by atoms with van der Waals surface area (Å²) in [4.78, 5) is 15.0. The Bertz CT molecular complexity index is 845. The van der Waals surface area contributed by atoms with Gasteiger partial charge in [-0.25, -0.2) is 0 Å². The summed E-state index contributed by atoms with van der Waals surface area (Å²) in [5.74, 6) is 0.872. The van der Waals surface area contributed by atoms with E-state index in [-0.39, 0.29) is 11.2 Å². The summed E-state index contributed by atoms with van der Waals surface area (Å²) in [6.07, 6.45) is 8.14. The van der Waals surface area contributed by atoms with Crippen LogP contribution in [0.25, 0.3) is 5.69 Å². The molecule has 2 aromatic rings. The molecule has 0 bridgehead atoms. The maximum Gasteiger partial charge on any atom is 0.233 e. The predicted octanol–water partition coefficient (Wildman–Crippen LogP) is 4.45. The first-order chi connectivity index (χ1) is 14.1. The lowest BCUT2D eigenvalue weighted by atomic mass is 9.95. The Morgan fingerprint density at radius 3 is 2.59 bits per heavy atom. The number of hydrogen-bond acceptors (Lipinski definition) is 5. The molecule has 1 aliphatic carbocycles. The lowest BCUT2D eigenvalue weighted by Crippen LogP contribution is -2.40. The second-order valence-electron chi connectivity index (χ2n) is 7.87. The Balaban J connectivity index is 1.56. The highest BCUT2D eigenvalue weighted by Gasteiger charge is 2.27. The van der Waals surface area contributed by atoms with E-state index in [1.807, 2.05) is 35.8 Å². The second-order valence-corrected chi connectivity index (χ2v) is 9.58. The molecule has 1 atom stereocenters. The number of anilines is 1. The van der Waals surface area contributed by atoms with Gasteiger partial charge in [-0.15, -0.1) is 10.2 Å². The molecule has 1 saturated heterocycles. The number of nitrogens with one attached hydrogen (secondary N) is 1. The normalized spacial score (nSPS) is 18.8. The van der Waals surface area contributed by atoms with Crippen molar-refractivity contribution < 1.29 is 4.79 Å². The lowest BCUT2D eigenvalue weighted by Gasteiger charge is -2.24. The van der Waals surface area contributed by atoms with Gasteiger partial charge in [-0.2, -0.15) is 0 Å². The van der Waals surface area contributed by atoms with Gasteiger partial charge < -0.3 is 10.2 Å². The van der Waals surface area contributed by atoms with Crippen LogP contribution in [-0.2, 0) is 4.79 Å². The minimum Gasteiger partial charge on any atom is -0.352 e. The van der Waals surface area contributed by atoms with Gasteiger partial charge in [0.2, 0.25) is 11.9 Å². The van der Waals surface area contributed by atoms with Crippen molar-refractivity contribution in [2.75, 3.05) is 18.0 Å². The average molecular weight is 434 g/mol. The SMILES string of the molecule is CC(Sc1nnc(N2CCCC2)n1-c1ccccc1Cl)C(=O)NC1CCCCC1. The van der Waals surface area contributed by atoms with E-state index >= 15 is 0 Å². The van der Waals surface area contributed by atoms with Gasteiger partial charge in [-0.05, 0) is 44.7 Å². The van der Waals surface area contributed by atoms with Crippen LogP contribution in [0.5, 0.6) is 0 Å². The largest absolute Gasteiger partial charge is 0.352 e. The highest BCUT2D eigenvalue weighted by atomic mass is 35.5. The van der Waals surface area contributed by atoms with E-state index in [0.29, 0.717) is 16.2 Å². The van der Waals surface area contributed by atoms with E-state index < -0.39 is 0 Å². The summed E-state index contributed by atoms with van der Waals surface area (Å²) in [5, 5.41) is 13.2. The van der Waals surface area contributed by atoms with Crippen molar-refractivity contribution in [1.29, 1.82) is 0 Å². The van der Waals surface area contributed by atoms with Gasteiger partial charge in [0, 0.05) is 19.1 Å². The maximum atomic E-state index is 12.8. The number of halogens is 1. The van der Waals surface area contributed by atoms with Crippen LogP contribution in [0.2, 0.25) is 5.02 Å². The quantitative estimate of drug-likeness (QED) is 0.682. The van der Waals surface area contributed by atoms with Crippen LogP contribution in [0.1, 0.15) is 51.9 Å². The number of para-hydroxylation sites is 1. The van der Waals surface area contributed by atoms with E-state index in [4.69, 9.17) is 11.6 Å². The molecule has 4 rings (SSSR count). The number of amides is 1. The zero-order valence-electron chi connectivity index (χ0n) is 16.8. The van der Waals surface area contributed by atoms with Gasteiger partial charge in [0.15, 0.2) is 5.16 Å². The number of thioether (sulfide) groups is 1.